The second kappa shape index (κ2) is 8.10. The summed E-state index contributed by atoms with van der Waals surface area (Å²) in [7, 11) is 0. The van der Waals surface area contributed by atoms with Gasteiger partial charge in [0.1, 0.15) is 0 Å². The van der Waals surface area contributed by atoms with E-state index < -0.39 is 23.3 Å². The average Bonchev–Trinajstić information content (AvgIpc) is 3.33. The fourth-order valence-corrected chi connectivity index (χ4v) is 5.57. The van der Waals surface area contributed by atoms with Gasteiger partial charge in [-0.1, -0.05) is 23.7 Å². The Bertz CT molecular complexity index is 1020. The first-order valence-electron chi connectivity index (χ1n) is 8.84. The number of halogens is 4. The first kappa shape index (κ1) is 20.4. The maximum Gasteiger partial charge on any atom is 0.418 e. The molecule has 1 N–H and O–H groups in total. The summed E-state index contributed by atoms with van der Waals surface area (Å²) in [5.41, 5.74) is -0.190. The number of benzene rings is 1. The fraction of sp³-hybridized carbons (Fsp3) is 0.250. The molecule has 1 atom stereocenters. The van der Waals surface area contributed by atoms with Crippen molar-refractivity contribution in [3.8, 4) is 0 Å². The number of hydrogen-bond donors (Lipinski definition) is 1. The summed E-state index contributed by atoms with van der Waals surface area (Å²) in [4.78, 5) is 17.1. The van der Waals surface area contributed by atoms with Crippen LogP contribution in [0, 0.1) is 0 Å². The molecule has 152 valence electrons. The lowest BCUT2D eigenvalue weighted by Gasteiger charge is -2.35. The zero-order valence-electron chi connectivity index (χ0n) is 15.0. The summed E-state index contributed by atoms with van der Waals surface area (Å²) < 4.78 is 39.9. The van der Waals surface area contributed by atoms with E-state index in [4.69, 9.17) is 11.6 Å². The third-order valence-corrected chi connectivity index (χ3v) is 7.04. The van der Waals surface area contributed by atoms with E-state index >= 15 is 0 Å². The molecular weight excluding hydrogens is 441 g/mol. The standard InChI is InChI=1S/C20H16ClF3N2OS2/c21-14-4-1-3-13(20(22,23)24)18(14)25-17(27)11-26-8-6-15-12(7-10-29-15)19(26)16-5-2-9-28-16/h1-5,7,9-10,19H,6,8,11H2,(H,25,27)/t19-/m0/s1. The highest BCUT2D eigenvalue weighted by atomic mass is 35.5. The maximum absolute atomic E-state index is 13.3. The Labute approximate surface area is 178 Å². The van der Waals surface area contributed by atoms with E-state index in [0.717, 1.165) is 22.9 Å². The topological polar surface area (TPSA) is 32.3 Å². The third kappa shape index (κ3) is 4.21. The molecule has 2 aromatic heterocycles. The van der Waals surface area contributed by atoms with Crippen molar-refractivity contribution >= 4 is 45.9 Å². The van der Waals surface area contributed by atoms with E-state index in [1.165, 1.54) is 17.0 Å². The molecule has 1 aliphatic rings. The van der Waals surface area contributed by atoms with Crippen molar-refractivity contribution < 1.29 is 18.0 Å². The molecule has 29 heavy (non-hydrogen) atoms. The number of thiophene rings is 2. The Balaban J connectivity index is 1.58. The number of para-hydroxylation sites is 1. The third-order valence-electron chi connectivity index (χ3n) is 4.81. The van der Waals surface area contributed by atoms with Crippen molar-refractivity contribution in [1.29, 1.82) is 0 Å². The van der Waals surface area contributed by atoms with Crippen molar-refractivity contribution in [2.45, 2.75) is 18.6 Å². The minimum atomic E-state index is -4.61. The summed E-state index contributed by atoms with van der Waals surface area (Å²) in [5.74, 6) is -0.524. The second-order valence-corrected chi connectivity index (χ2v) is 9.03. The number of alkyl halides is 3. The molecule has 3 nitrogen and oxygen atoms in total. The predicted octanol–water partition coefficient (Wildman–Crippen LogP) is 6.07. The number of nitrogens with one attached hydrogen (secondary N) is 1. The lowest BCUT2D eigenvalue weighted by Crippen LogP contribution is -2.40. The molecule has 1 aromatic carbocycles. The normalized spacial score (nSPS) is 17.2. The SMILES string of the molecule is O=C(CN1CCc2sccc2[C@H]1c1cccs1)Nc1c(Cl)cccc1C(F)(F)F. The van der Waals surface area contributed by atoms with Gasteiger partial charge < -0.3 is 5.32 Å². The number of rotatable bonds is 4. The number of fused-ring (bicyclic) bond motifs is 1. The van der Waals surface area contributed by atoms with E-state index in [-0.39, 0.29) is 17.6 Å². The van der Waals surface area contributed by atoms with Crippen molar-refractivity contribution in [3.05, 3.63) is 73.1 Å². The summed E-state index contributed by atoms with van der Waals surface area (Å²) in [6, 6.07) is 9.42. The van der Waals surface area contributed by atoms with E-state index in [0.29, 0.717) is 6.54 Å². The maximum atomic E-state index is 13.3. The lowest BCUT2D eigenvalue weighted by atomic mass is 9.98. The Hall–Kier alpha value is -1.87. The molecular formula is C20H16ClF3N2OS2. The smallest absolute Gasteiger partial charge is 0.323 e. The van der Waals surface area contributed by atoms with Gasteiger partial charge in [-0.25, -0.2) is 0 Å². The molecule has 4 rings (SSSR count). The largest absolute Gasteiger partial charge is 0.418 e. The van der Waals surface area contributed by atoms with Crippen LogP contribution in [0.5, 0.6) is 0 Å². The van der Waals surface area contributed by atoms with Crippen LogP contribution in [0.15, 0.2) is 47.2 Å². The zero-order valence-corrected chi connectivity index (χ0v) is 17.4. The van der Waals surface area contributed by atoms with Gasteiger partial charge in [0.15, 0.2) is 0 Å². The highest BCUT2D eigenvalue weighted by molar-refractivity contribution is 7.10. The molecule has 0 aliphatic carbocycles. The molecule has 9 heteroatoms. The van der Waals surface area contributed by atoms with E-state index in [2.05, 4.69) is 11.4 Å². The van der Waals surface area contributed by atoms with Crippen LogP contribution >= 0.6 is 34.3 Å². The molecule has 0 saturated heterocycles. The highest BCUT2D eigenvalue weighted by Crippen LogP contribution is 2.40. The van der Waals surface area contributed by atoms with Crippen LogP contribution in [0.4, 0.5) is 18.9 Å². The van der Waals surface area contributed by atoms with E-state index in [1.807, 2.05) is 27.8 Å². The molecule has 0 bridgehead atoms. The number of carbonyl (C=O) groups is 1. The zero-order chi connectivity index (χ0) is 20.6. The molecule has 0 fully saturated rings. The Morgan fingerprint density at radius 2 is 2.00 bits per heavy atom. The van der Waals surface area contributed by atoms with Gasteiger partial charge in [0.25, 0.3) is 0 Å². The van der Waals surface area contributed by atoms with Gasteiger partial charge in [-0.05, 0) is 47.0 Å². The van der Waals surface area contributed by atoms with Crippen LogP contribution < -0.4 is 5.32 Å². The van der Waals surface area contributed by atoms with E-state index in [1.54, 1.807) is 22.7 Å². The molecule has 0 radical (unpaired) electrons. The van der Waals surface area contributed by atoms with Crippen molar-refractivity contribution in [3.63, 3.8) is 0 Å². The van der Waals surface area contributed by atoms with Crippen LogP contribution in [-0.4, -0.2) is 23.9 Å². The number of amides is 1. The van der Waals surface area contributed by atoms with Crippen LogP contribution in [0.1, 0.15) is 26.9 Å². The summed E-state index contributed by atoms with van der Waals surface area (Å²) >= 11 is 9.25. The van der Waals surface area contributed by atoms with E-state index in [9.17, 15) is 18.0 Å². The average molecular weight is 457 g/mol. The van der Waals surface area contributed by atoms with Crippen LogP contribution in [0.25, 0.3) is 0 Å². The molecule has 0 spiro atoms. The monoisotopic (exact) mass is 456 g/mol. The fourth-order valence-electron chi connectivity index (χ4n) is 3.57. The van der Waals surface area contributed by atoms with Crippen molar-refractivity contribution in [2.24, 2.45) is 0 Å². The molecule has 0 unspecified atom stereocenters. The second-order valence-electron chi connectivity index (χ2n) is 6.65. The Kier molecular flexibility index (Phi) is 5.70. The van der Waals surface area contributed by atoms with Crippen LogP contribution in [0.3, 0.4) is 0 Å². The van der Waals surface area contributed by atoms with Gasteiger partial charge in [-0.15, -0.1) is 22.7 Å². The molecule has 3 aromatic rings. The molecule has 0 saturated carbocycles. The summed E-state index contributed by atoms with van der Waals surface area (Å²) in [6.07, 6.45) is -3.80. The van der Waals surface area contributed by atoms with Gasteiger partial charge in [0.2, 0.25) is 5.91 Å². The van der Waals surface area contributed by atoms with Gasteiger partial charge in [-0.3, -0.25) is 9.69 Å². The molecule has 1 aliphatic heterocycles. The first-order chi connectivity index (χ1) is 13.8. The first-order valence-corrected chi connectivity index (χ1v) is 11.0. The minimum Gasteiger partial charge on any atom is -0.323 e. The highest BCUT2D eigenvalue weighted by Gasteiger charge is 2.36. The van der Waals surface area contributed by atoms with Gasteiger partial charge in [0.05, 0.1) is 28.9 Å². The minimum absolute atomic E-state index is 0.0274. The molecule has 3 heterocycles. The Morgan fingerprint density at radius 1 is 1.17 bits per heavy atom. The summed E-state index contributed by atoms with van der Waals surface area (Å²) in [6.45, 7) is 0.624. The predicted molar refractivity (Wildman–Crippen MR) is 111 cm³/mol. The van der Waals surface area contributed by atoms with Crippen LogP contribution in [0.2, 0.25) is 5.02 Å². The van der Waals surface area contributed by atoms with Gasteiger partial charge in [0, 0.05) is 16.3 Å². The molecule has 1 amide bonds. The number of nitrogens with zero attached hydrogens (tertiary/aromatic N) is 1. The lowest BCUT2D eigenvalue weighted by molar-refractivity contribution is -0.137. The van der Waals surface area contributed by atoms with Crippen molar-refractivity contribution in [2.75, 3.05) is 18.4 Å². The summed E-state index contributed by atoms with van der Waals surface area (Å²) in [5, 5.41) is 6.27. The van der Waals surface area contributed by atoms with Crippen molar-refractivity contribution in [1.82, 2.24) is 4.90 Å². The van der Waals surface area contributed by atoms with Crippen LogP contribution in [-0.2, 0) is 17.4 Å². The number of hydrogen-bond acceptors (Lipinski definition) is 4. The van der Waals surface area contributed by atoms with Gasteiger partial charge in [-0.2, -0.15) is 13.2 Å². The number of carbonyl (C=O) groups excluding carboxylic acids is 1. The van der Waals surface area contributed by atoms with Gasteiger partial charge >= 0.3 is 6.18 Å². The number of anilines is 1. The quantitative estimate of drug-likeness (QED) is 0.517. The Morgan fingerprint density at radius 3 is 2.72 bits per heavy atom.